The molecule has 4 aromatic rings. The Hall–Kier alpha value is -3.71. The van der Waals surface area contributed by atoms with Crippen molar-refractivity contribution < 1.29 is 9.59 Å². The van der Waals surface area contributed by atoms with E-state index in [-0.39, 0.29) is 17.2 Å². The molecule has 166 valence electrons. The Labute approximate surface area is 195 Å². The summed E-state index contributed by atoms with van der Waals surface area (Å²) in [5.74, 6) is -0.250. The smallest absolute Gasteiger partial charge is 0.262 e. The molecular weight excluding hydrogens is 434 g/mol. The van der Waals surface area contributed by atoms with Gasteiger partial charge in [0.25, 0.3) is 5.56 Å². The fourth-order valence-electron chi connectivity index (χ4n) is 3.39. The molecule has 33 heavy (non-hydrogen) atoms. The van der Waals surface area contributed by atoms with Gasteiger partial charge in [0.15, 0.2) is 10.9 Å². The van der Waals surface area contributed by atoms with Gasteiger partial charge in [-0.2, -0.15) is 0 Å². The van der Waals surface area contributed by atoms with Gasteiger partial charge >= 0.3 is 0 Å². The number of carbonyl (C=O) groups excluding carboxylic acids is 2. The molecule has 1 atom stereocenters. The van der Waals surface area contributed by atoms with E-state index in [0.717, 1.165) is 5.56 Å². The van der Waals surface area contributed by atoms with Gasteiger partial charge in [0.2, 0.25) is 5.91 Å². The number of amides is 1. The van der Waals surface area contributed by atoms with Crippen LogP contribution in [0.1, 0.15) is 29.8 Å². The molecule has 0 fully saturated rings. The summed E-state index contributed by atoms with van der Waals surface area (Å²) in [4.78, 5) is 42.3. The Balaban J connectivity index is 1.61. The molecule has 0 aliphatic rings. The molecular formula is C26H23N3O3S. The number of hydrogen-bond acceptors (Lipinski definition) is 5. The second-order valence-corrected chi connectivity index (χ2v) is 8.98. The van der Waals surface area contributed by atoms with Gasteiger partial charge < -0.3 is 5.32 Å². The van der Waals surface area contributed by atoms with Crippen molar-refractivity contribution in [2.24, 2.45) is 0 Å². The van der Waals surface area contributed by atoms with Crippen molar-refractivity contribution in [2.45, 2.75) is 30.8 Å². The normalized spacial score (nSPS) is 11.8. The summed E-state index contributed by atoms with van der Waals surface area (Å²) in [6.45, 7) is 3.64. The van der Waals surface area contributed by atoms with Crippen molar-refractivity contribution in [3.63, 3.8) is 0 Å². The summed E-state index contributed by atoms with van der Waals surface area (Å²) >= 11 is 1.24. The molecule has 0 radical (unpaired) electrons. The molecule has 0 saturated heterocycles. The summed E-state index contributed by atoms with van der Waals surface area (Å²) in [5, 5.41) is 3.38. The largest absolute Gasteiger partial charge is 0.325 e. The molecule has 4 rings (SSSR count). The number of anilines is 1. The molecule has 1 heterocycles. The van der Waals surface area contributed by atoms with Gasteiger partial charge in [-0.05, 0) is 55.8 Å². The number of nitrogens with one attached hydrogen (secondary N) is 1. The van der Waals surface area contributed by atoms with Crippen molar-refractivity contribution in [3.8, 4) is 0 Å². The highest BCUT2D eigenvalue weighted by atomic mass is 32.2. The Morgan fingerprint density at radius 1 is 0.970 bits per heavy atom. The standard InChI is InChI=1S/C26H23N3O3S/c1-17(30)20-12-14-21(15-13-20)27-24(31)18(2)33-26-28-23-11-7-6-10-22(23)25(32)29(26)16-19-8-4-3-5-9-19/h3-15,18H,16H2,1-2H3,(H,27,31). The monoisotopic (exact) mass is 457 g/mol. The fourth-order valence-corrected chi connectivity index (χ4v) is 4.29. The maximum Gasteiger partial charge on any atom is 0.262 e. The number of nitrogens with zero attached hydrogens (tertiary/aromatic N) is 2. The molecule has 6 nitrogen and oxygen atoms in total. The minimum Gasteiger partial charge on any atom is -0.325 e. The van der Waals surface area contributed by atoms with Gasteiger partial charge in [-0.3, -0.25) is 19.0 Å². The van der Waals surface area contributed by atoms with Crippen LogP contribution in [0.2, 0.25) is 0 Å². The van der Waals surface area contributed by atoms with Crippen LogP contribution < -0.4 is 10.9 Å². The topological polar surface area (TPSA) is 81.1 Å². The Morgan fingerprint density at radius 3 is 2.33 bits per heavy atom. The number of benzene rings is 3. The molecule has 0 saturated carbocycles. The number of para-hydroxylation sites is 1. The lowest BCUT2D eigenvalue weighted by molar-refractivity contribution is -0.115. The van der Waals surface area contributed by atoms with Crippen LogP contribution in [0.3, 0.4) is 0 Å². The van der Waals surface area contributed by atoms with Crippen molar-refractivity contribution in [2.75, 3.05) is 5.32 Å². The lowest BCUT2D eigenvalue weighted by Gasteiger charge is -2.16. The van der Waals surface area contributed by atoms with E-state index in [1.807, 2.05) is 42.5 Å². The van der Waals surface area contributed by atoms with Crippen molar-refractivity contribution in [1.82, 2.24) is 9.55 Å². The Kier molecular flexibility index (Phi) is 6.70. The average Bonchev–Trinajstić information content (AvgIpc) is 2.82. The highest BCUT2D eigenvalue weighted by Crippen LogP contribution is 2.24. The van der Waals surface area contributed by atoms with E-state index in [4.69, 9.17) is 4.98 Å². The van der Waals surface area contributed by atoms with Gasteiger partial charge in [-0.1, -0.05) is 54.2 Å². The molecule has 0 aliphatic carbocycles. The number of fused-ring (bicyclic) bond motifs is 1. The SMILES string of the molecule is CC(=O)c1ccc(NC(=O)C(C)Sc2nc3ccccc3c(=O)n2Cc2ccccc2)cc1. The Morgan fingerprint density at radius 2 is 1.64 bits per heavy atom. The average molecular weight is 458 g/mol. The number of aromatic nitrogens is 2. The van der Waals surface area contributed by atoms with E-state index in [1.165, 1.54) is 18.7 Å². The first-order valence-electron chi connectivity index (χ1n) is 10.5. The number of Topliss-reactive ketones (excluding diaryl/α,β-unsaturated/α-hetero) is 1. The van der Waals surface area contributed by atoms with E-state index >= 15 is 0 Å². The first-order chi connectivity index (χ1) is 15.9. The van der Waals surface area contributed by atoms with Crippen LogP contribution in [0, 0.1) is 0 Å². The van der Waals surface area contributed by atoms with Crippen molar-refractivity contribution >= 4 is 40.0 Å². The van der Waals surface area contributed by atoms with Crippen molar-refractivity contribution in [3.05, 3.63) is 100 Å². The lowest BCUT2D eigenvalue weighted by atomic mass is 10.1. The molecule has 0 aliphatic heterocycles. The van der Waals surface area contributed by atoms with Crippen LogP contribution >= 0.6 is 11.8 Å². The number of rotatable bonds is 7. The van der Waals surface area contributed by atoms with E-state index in [1.54, 1.807) is 47.9 Å². The summed E-state index contributed by atoms with van der Waals surface area (Å²) in [6, 6.07) is 23.7. The van der Waals surface area contributed by atoms with Gasteiger partial charge in [0.1, 0.15) is 0 Å². The van der Waals surface area contributed by atoms with E-state index < -0.39 is 5.25 Å². The minimum atomic E-state index is -0.507. The molecule has 7 heteroatoms. The molecule has 1 amide bonds. The van der Waals surface area contributed by atoms with E-state index in [9.17, 15) is 14.4 Å². The van der Waals surface area contributed by atoms with Crippen LogP contribution in [0.25, 0.3) is 10.9 Å². The highest BCUT2D eigenvalue weighted by Gasteiger charge is 2.20. The van der Waals surface area contributed by atoms with E-state index in [2.05, 4.69) is 5.32 Å². The second-order valence-electron chi connectivity index (χ2n) is 7.67. The van der Waals surface area contributed by atoms with Crippen LogP contribution in [-0.4, -0.2) is 26.5 Å². The summed E-state index contributed by atoms with van der Waals surface area (Å²) in [7, 11) is 0. The van der Waals surface area contributed by atoms with Crippen LogP contribution in [0.4, 0.5) is 5.69 Å². The third kappa shape index (κ3) is 5.21. The summed E-state index contributed by atoms with van der Waals surface area (Å²) in [5.41, 5.74) is 2.62. The van der Waals surface area contributed by atoms with Gasteiger partial charge in [-0.15, -0.1) is 0 Å². The van der Waals surface area contributed by atoms with E-state index in [0.29, 0.717) is 33.9 Å². The molecule has 0 bridgehead atoms. The lowest BCUT2D eigenvalue weighted by Crippen LogP contribution is -2.27. The third-order valence-electron chi connectivity index (χ3n) is 5.22. The molecule has 0 spiro atoms. The predicted octanol–water partition coefficient (Wildman–Crippen LogP) is 4.77. The first kappa shape index (κ1) is 22.5. The van der Waals surface area contributed by atoms with Crippen LogP contribution in [-0.2, 0) is 11.3 Å². The van der Waals surface area contributed by atoms with Gasteiger partial charge in [0.05, 0.1) is 22.7 Å². The summed E-state index contributed by atoms with van der Waals surface area (Å²) in [6.07, 6.45) is 0. The maximum atomic E-state index is 13.3. The van der Waals surface area contributed by atoms with Crippen molar-refractivity contribution in [1.29, 1.82) is 0 Å². The number of thioether (sulfide) groups is 1. The second kappa shape index (κ2) is 9.83. The quantitative estimate of drug-likeness (QED) is 0.246. The number of carbonyl (C=O) groups is 2. The van der Waals surface area contributed by atoms with Gasteiger partial charge in [0, 0.05) is 11.3 Å². The predicted molar refractivity (Wildman–Crippen MR) is 132 cm³/mol. The summed E-state index contributed by atoms with van der Waals surface area (Å²) < 4.78 is 1.62. The number of hydrogen-bond donors (Lipinski definition) is 1. The zero-order valence-electron chi connectivity index (χ0n) is 18.3. The molecule has 1 N–H and O–H groups in total. The third-order valence-corrected chi connectivity index (χ3v) is 6.31. The Bertz CT molecular complexity index is 1370. The molecule has 1 unspecified atom stereocenters. The fraction of sp³-hybridized carbons (Fsp3) is 0.154. The number of ketones is 1. The van der Waals surface area contributed by atoms with Crippen LogP contribution in [0.15, 0.2) is 88.8 Å². The highest BCUT2D eigenvalue weighted by molar-refractivity contribution is 8.00. The molecule has 1 aromatic heterocycles. The zero-order valence-corrected chi connectivity index (χ0v) is 19.1. The first-order valence-corrected chi connectivity index (χ1v) is 11.4. The molecule has 3 aromatic carbocycles. The van der Waals surface area contributed by atoms with Crippen LogP contribution in [0.5, 0.6) is 0 Å². The zero-order chi connectivity index (χ0) is 23.4. The minimum absolute atomic E-state index is 0.0319. The maximum absolute atomic E-state index is 13.3. The van der Waals surface area contributed by atoms with Gasteiger partial charge in [-0.25, -0.2) is 4.98 Å².